The first-order valence-electron chi connectivity index (χ1n) is 9.12. The van der Waals surface area contributed by atoms with Crippen LogP contribution in [-0.2, 0) is 11.3 Å². The largest absolute Gasteiger partial charge is 0.311 e. The first-order valence-corrected chi connectivity index (χ1v) is 9.12. The van der Waals surface area contributed by atoms with Gasteiger partial charge in [-0.2, -0.15) is 10.2 Å². The molecule has 5 rings (SSSR count). The molecule has 1 aliphatic heterocycles. The number of nitrogens with zero attached hydrogens (tertiary/aromatic N) is 5. The van der Waals surface area contributed by atoms with E-state index in [1.807, 2.05) is 58.3 Å². The number of anilines is 1. The Morgan fingerprint density at radius 1 is 1.07 bits per heavy atom. The van der Waals surface area contributed by atoms with Crippen LogP contribution >= 0.6 is 0 Å². The van der Waals surface area contributed by atoms with Crippen LogP contribution in [0.3, 0.4) is 0 Å². The highest BCUT2D eigenvalue weighted by molar-refractivity contribution is 5.94. The molecule has 0 aliphatic carbocycles. The van der Waals surface area contributed by atoms with Crippen molar-refractivity contribution in [1.29, 1.82) is 0 Å². The predicted molar refractivity (Wildman–Crippen MR) is 104 cm³/mol. The molecule has 1 aromatic carbocycles. The Morgan fingerprint density at radius 2 is 2.04 bits per heavy atom. The van der Waals surface area contributed by atoms with E-state index in [0.717, 1.165) is 28.2 Å². The molecule has 1 amide bonds. The summed E-state index contributed by atoms with van der Waals surface area (Å²) in [4.78, 5) is 16.6. The van der Waals surface area contributed by atoms with Gasteiger partial charge in [0.05, 0.1) is 18.4 Å². The number of amides is 1. The standard InChI is InChI=1S/C21H18N6O/c28-20-11-18(16-5-1-6-17(10-16)26-9-3-8-23-26)19-13-24-27(21(19)25-20)14-15-4-2-7-22-12-15/h1-10,12-13,18H,11,14H2,(H,25,28)/t18-/m1/s1. The molecule has 0 radical (unpaired) electrons. The Bertz CT molecular complexity index is 1120. The molecule has 7 nitrogen and oxygen atoms in total. The minimum Gasteiger partial charge on any atom is -0.311 e. The van der Waals surface area contributed by atoms with Gasteiger partial charge in [-0.1, -0.05) is 18.2 Å². The van der Waals surface area contributed by atoms with E-state index in [1.165, 1.54) is 0 Å². The van der Waals surface area contributed by atoms with Crippen LogP contribution in [0, 0.1) is 0 Å². The molecule has 0 fully saturated rings. The van der Waals surface area contributed by atoms with Crippen molar-refractivity contribution in [3.63, 3.8) is 0 Å². The van der Waals surface area contributed by atoms with Crippen molar-refractivity contribution in [3.05, 3.63) is 90.1 Å². The lowest BCUT2D eigenvalue weighted by molar-refractivity contribution is -0.116. The van der Waals surface area contributed by atoms with E-state index >= 15 is 0 Å². The van der Waals surface area contributed by atoms with Gasteiger partial charge >= 0.3 is 0 Å². The van der Waals surface area contributed by atoms with Crippen molar-refractivity contribution < 1.29 is 4.79 Å². The molecule has 1 aliphatic rings. The van der Waals surface area contributed by atoms with Crippen LogP contribution in [0.1, 0.15) is 29.0 Å². The third-order valence-corrected chi connectivity index (χ3v) is 4.99. The smallest absolute Gasteiger partial charge is 0.226 e. The summed E-state index contributed by atoms with van der Waals surface area (Å²) in [6, 6.07) is 13.9. The van der Waals surface area contributed by atoms with E-state index in [1.54, 1.807) is 12.4 Å². The minimum absolute atomic E-state index is 0.00470. The van der Waals surface area contributed by atoms with E-state index in [2.05, 4.69) is 32.6 Å². The number of fused-ring (bicyclic) bond motifs is 1. The van der Waals surface area contributed by atoms with Gasteiger partial charge in [0.2, 0.25) is 5.91 Å². The second kappa shape index (κ2) is 6.77. The molecule has 0 spiro atoms. The zero-order chi connectivity index (χ0) is 18.9. The van der Waals surface area contributed by atoms with Crippen LogP contribution in [-0.4, -0.2) is 30.5 Å². The van der Waals surface area contributed by atoms with E-state index in [0.29, 0.717) is 13.0 Å². The van der Waals surface area contributed by atoms with Crippen LogP contribution in [0.5, 0.6) is 0 Å². The number of hydrogen-bond acceptors (Lipinski definition) is 4. The summed E-state index contributed by atoms with van der Waals surface area (Å²) in [6.45, 7) is 0.559. The third kappa shape index (κ3) is 2.96. The van der Waals surface area contributed by atoms with E-state index in [-0.39, 0.29) is 11.8 Å². The second-order valence-corrected chi connectivity index (χ2v) is 6.82. The van der Waals surface area contributed by atoms with Crippen molar-refractivity contribution in [2.75, 3.05) is 5.32 Å². The van der Waals surface area contributed by atoms with Gasteiger partial charge in [0.1, 0.15) is 5.82 Å². The normalized spacial score (nSPS) is 15.9. The predicted octanol–water partition coefficient (Wildman–Crippen LogP) is 2.99. The summed E-state index contributed by atoms with van der Waals surface area (Å²) in [5.74, 6) is 0.714. The molecule has 7 heteroatoms. The number of nitrogens with one attached hydrogen (secondary N) is 1. The monoisotopic (exact) mass is 370 g/mol. The van der Waals surface area contributed by atoms with E-state index in [4.69, 9.17) is 0 Å². The van der Waals surface area contributed by atoms with Gasteiger partial charge in [0.25, 0.3) is 0 Å². The first kappa shape index (κ1) is 16.4. The third-order valence-electron chi connectivity index (χ3n) is 4.99. The lowest BCUT2D eigenvalue weighted by Crippen LogP contribution is -2.25. The Hall–Kier alpha value is -3.74. The number of hydrogen-bond donors (Lipinski definition) is 1. The number of aromatic nitrogens is 5. The highest BCUT2D eigenvalue weighted by Crippen LogP contribution is 2.37. The van der Waals surface area contributed by atoms with Crippen molar-refractivity contribution in [1.82, 2.24) is 24.5 Å². The molecule has 4 aromatic rings. The summed E-state index contributed by atoms with van der Waals surface area (Å²) in [6.07, 6.45) is 9.46. The van der Waals surface area contributed by atoms with Crippen LogP contribution in [0.15, 0.2) is 73.4 Å². The lowest BCUT2D eigenvalue weighted by Gasteiger charge is -2.24. The molecule has 3 aromatic heterocycles. The lowest BCUT2D eigenvalue weighted by atomic mass is 9.87. The second-order valence-electron chi connectivity index (χ2n) is 6.82. The summed E-state index contributed by atoms with van der Waals surface area (Å²) in [5.41, 5.74) is 4.11. The highest BCUT2D eigenvalue weighted by atomic mass is 16.1. The van der Waals surface area contributed by atoms with Crippen molar-refractivity contribution >= 4 is 11.7 Å². The summed E-state index contributed by atoms with van der Waals surface area (Å²) < 4.78 is 3.65. The zero-order valence-electron chi connectivity index (χ0n) is 15.1. The van der Waals surface area contributed by atoms with Crippen LogP contribution in [0.25, 0.3) is 5.69 Å². The Labute approximate surface area is 161 Å². The van der Waals surface area contributed by atoms with E-state index < -0.39 is 0 Å². The Kier molecular flexibility index (Phi) is 3.97. The summed E-state index contributed by atoms with van der Waals surface area (Å²) >= 11 is 0. The Balaban J connectivity index is 1.52. The van der Waals surface area contributed by atoms with Crippen LogP contribution < -0.4 is 5.32 Å². The summed E-state index contributed by atoms with van der Waals surface area (Å²) in [5, 5.41) is 11.8. The molecule has 28 heavy (non-hydrogen) atoms. The molecule has 1 N–H and O–H groups in total. The molecule has 4 heterocycles. The molecule has 0 bridgehead atoms. The molecule has 0 saturated carbocycles. The van der Waals surface area contributed by atoms with Gasteiger partial charge in [-0.15, -0.1) is 0 Å². The number of carbonyl (C=O) groups excluding carboxylic acids is 1. The molecule has 0 unspecified atom stereocenters. The minimum atomic E-state index is -0.0399. The first-order chi connectivity index (χ1) is 13.8. The topological polar surface area (TPSA) is 77.6 Å². The molecular formula is C21H18N6O. The maximum atomic E-state index is 12.4. The van der Waals surface area contributed by atoms with Gasteiger partial charge in [-0.25, -0.2) is 9.36 Å². The highest BCUT2D eigenvalue weighted by Gasteiger charge is 2.30. The van der Waals surface area contributed by atoms with Gasteiger partial charge in [0, 0.05) is 42.7 Å². The maximum Gasteiger partial charge on any atom is 0.226 e. The SMILES string of the molecule is O=C1C[C@H](c2cccc(-n3cccn3)c2)c2cnn(Cc3cccnc3)c2N1. The average Bonchev–Trinajstić information content (AvgIpc) is 3.39. The van der Waals surface area contributed by atoms with Crippen molar-refractivity contribution in [2.45, 2.75) is 18.9 Å². The molecule has 1 atom stereocenters. The van der Waals surface area contributed by atoms with Gasteiger partial charge in [0.15, 0.2) is 0 Å². The Morgan fingerprint density at radius 3 is 2.86 bits per heavy atom. The van der Waals surface area contributed by atoms with Gasteiger partial charge in [-0.3, -0.25) is 9.78 Å². The molecular weight excluding hydrogens is 352 g/mol. The van der Waals surface area contributed by atoms with Crippen LogP contribution in [0.2, 0.25) is 0 Å². The fourth-order valence-corrected chi connectivity index (χ4v) is 3.66. The average molecular weight is 370 g/mol. The maximum absolute atomic E-state index is 12.4. The number of benzene rings is 1. The number of rotatable bonds is 4. The summed E-state index contributed by atoms with van der Waals surface area (Å²) in [7, 11) is 0. The molecule has 0 saturated heterocycles. The quantitative estimate of drug-likeness (QED) is 0.599. The van der Waals surface area contributed by atoms with Gasteiger partial charge < -0.3 is 5.32 Å². The number of pyridine rings is 1. The fraction of sp³-hybridized carbons (Fsp3) is 0.143. The van der Waals surface area contributed by atoms with Crippen molar-refractivity contribution in [2.24, 2.45) is 0 Å². The van der Waals surface area contributed by atoms with Crippen LogP contribution in [0.4, 0.5) is 5.82 Å². The zero-order valence-corrected chi connectivity index (χ0v) is 15.1. The number of carbonyl (C=O) groups is 1. The molecule has 138 valence electrons. The van der Waals surface area contributed by atoms with Gasteiger partial charge in [-0.05, 0) is 35.4 Å². The van der Waals surface area contributed by atoms with E-state index in [9.17, 15) is 4.79 Å². The van der Waals surface area contributed by atoms with Crippen molar-refractivity contribution in [3.8, 4) is 5.69 Å². The fourth-order valence-electron chi connectivity index (χ4n) is 3.66.